The third-order valence-corrected chi connectivity index (χ3v) is 3.04. The number of amides is 1. The number of aromatic nitrogens is 1. The smallest absolute Gasteiger partial charge is 0.354 e. The Morgan fingerprint density at radius 1 is 1.53 bits per heavy atom. The Bertz CT molecular complexity index is 467. The van der Waals surface area contributed by atoms with Crippen molar-refractivity contribution < 1.29 is 14.3 Å². The molecule has 19 heavy (non-hydrogen) atoms. The maximum Gasteiger partial charge on any atom is 0.354 e. The van der Waals surface area contributed by atoms with Crippen LogP contribution >= 0.6 is 12.4 Å². The Kier molecular flexibility index (Phi) is 5.38. The first-order chi connectivity index (χ1) is 8.61. The molecule has 6 nitrogen and oxygen atoms in total. The molecule has 2 rings (SSSR count). The Hall–Kier alpha value is -1.53. The molecule has 0 aliphatic carbocycles. The Labute approximate surface area is 117 Å². The van der Waals surface area contributed by atoms with Gasteiger partial charge < -0.3 is 19.9 Å². The lowest BCUT2D eigenvalue weighted by Gasteiger charge is -2.09. The van der Waals surface area contributed by atoms with Gasteiger partial charge >= 0.3 is 5.97 Å². The number of esters is 1. The molecule has 1 saturated heterocycles. The van der Waals surface area contributed by atoms with Crippen LogP contribution in [0.4, 0.5) is 5.69 Å². The molecule has 2 heterocycles. The van der Waals surface area contributed by atoms with Gasteiger partial charge in [-0.05, 0) is 25.5 Å². The van der Waals surface area contributed by atoms with Crippen molar-refractivity contribution in [3.63, 3.8) is 0 Å². The second kappa shape index (κ2) is 6.58. The van der Waals surface area contributed by atoms with E-state index in [0.717, 1.165) is 19.4 Å². The molecule has 1 atom stereocenters. The maximum absolute atomic E-state index is 11.9. The van der Waals surface area contributed by atoms with E-state index < -0.39 is 5.97 Å². The number of halogens is 1. The predicted octanol–water partition coefficient (Wildman–Crippen LogP) is 0.924. The van der Waals surface area contributed by atoms with E-state index in [1.54, 1.807) is 23.9 Å². The fourth-order valence-corrected chi connectivity index (χ4v) is 2.08. The van der Waals surface area contributed by atoms with Crippen LogP contribution < -0.4 is 10.6 Å². The summed E-state index contributed by atoms with van der Waals surface area (Å²) < 4.78 is 6.28. The number of nitrogens with zero attached hydrogens (tertiary/aromatic N) is 1. The number of ether oxygens (including phenoxy) is 1. The number of carbonyl (C=O) groups is 2. The standard InChI is InChI=1S/C12H17N3O3.ClH/c1-15-7-8(6-10(15)12(17)18-2)14-11(16)9-4-3-5-13-9;/h6-7,9,13H,3-5H2,1-2H3,(H,14,16);1H. The summed E-state index contributed by atoms with van der Waals surface area (Å²) in [4.78, 5) is 23.3. The zero-order valence-corrected chi connectivity index (χ0v) is 11.8. The first-order valence-electron chi connectivity index (χ1n) is 5.90. The molecule has 0 radical (unpaired) electrons. The van der Waals surface area contributed by atoms with Gasteiger partial charge in [0.25, 0.3) is 0 Å². The van der Waals surface area contributed by atoms with E-state index in [1.807, 2.05) is 0 Å². The van der Waals surface area contributed by atoms with Gasteiger partial charge in [0.05, 0.1) is 18.8 Å². The quantitative estimate of drug-likeness (QED) is 0.811. The minimum Gasteiger partial charge on any atom is -0.464 e. The van der Waals surface area contributed by atoms with E-state index in [4.69, 9.17) is 0 Å². The molecule has 1 amide bonds. The van der Waals surface area contributed by atoms with Crippen molar-refractivity contribution in [2.24, 2.45) is 7.05 Å². The summed E-state index contributed by atoms with van der Waals surface area (Å²) in [5.41, 5.74) is 1.02. The third-order valence-electron chi connectivity index (χ3n) is 3.04. The van der Waals surface area contributed by atoms with E-state index >= 15 is 0 Å². The van der Waals surface area contributed by atoms with Gasteiger partial charge in [-0.2, -0.15) is 0 Å². The van der Waals surface area contributed by atoms with Crippen LogP contribution in [-0.4, -0.2) is 36.1 Å². The van der Waals surface area contributed by atoms with Crippen LogP contribution in [0.5, 0.6) is 0 Å². The van der Waals surface area contributed by atoms with Crippen molar-refractivity contribution in [1.29, 1.82) is 0 Å². The summed E-state index contributed by atoms with van der Waals surface area (Å²) in [6, 6.07) is 1.48. The minimum atomic E-state index is -0.419. The van der Waals surface area contributed by atoms with E-state index in [9.17, 15) is 9.59 Å². The first kappa shape index (κ1) is 15.5. The molecule has 0 spiro atoms. The molecule has 1 fully saturated rings. The lowest BCUT2D eigenvalue weighted by Crippen LogP contribution is -2.35. The number of aryl methyl sites for hydroxylation is 1. The average Bonchev–Trinajstić information content (AvgIpc) is 2.97. The van der Waals surface area contributed by atoms with Crippen LogP contribution in [0.25, 0.3) is 0 Å². The monoisotopic (exact) mass is 287 g/mol. The molecule has 106 valence electrons. The summed E-state index contributed by atoms with van der Waals surface area (Å²) in [5, 5.41) is 5.92. The number of hydrogen-bond acceptors (Lipinski definition) is 4. The molecule has 0 bridgehead atoms. The number of hydrogen-bond donors (Lipinski definition) is 2. The largest absolute Gasteiger partial charge is 0.464 e. The van der Waals surface area contributed by atoms with E-state index in [1.165, 1.54) is 7.11 Å². The zero-order valence-electron chi connectivity index (χ0n) is 10.9. The van der Waals surface area contributed by atoms with Gasteiger partial charge in [0, 0.05) is 13.2 Å². The average molecular weight is 288 g/mol. The van der Waals surface area contributed by atoms with E-state index in [0.29, 0.717) is 11.4 Å². The molecule has 1 aliphatic rings. The van der Waals surface area contributed by atoms with Gasteiger partial charge in [0.2, 0.25) is 5.91 Å². The predicted molar refractivity (Wildman–Crippen MR) is 73.7 cm³/mol. The van der Waals surface area contributed by atoms with Gasteiger partial charge in [0.1, 0.15) is 5.69 Å². The van der Waals surface area contributed by atoms with Crippen LogP contribution in [0.15, 0.2) is 12.3 Å². The number of anilines is 1. The van der Waals surface area contributed by atoms with Crippen molar-refractivity contribution in [1.82, 2.24) is 9.88 Å². The normalized spacial score (nSPS) is 17.7. The first-order valence-corrected chi connectivity index (χ1v) is 5.90. The van der Waals surface area contributed by atoms with Crippen LogP contribution in [0.3, 0.4) is 0 Å². The molecule has 1 unspecified atom stereocenters. The van der Waals surface area contributed by atoms with Gasteiger partial charge in [-0.25, -0.2) is 4.79 Å². The lowest BCUT2D eigenvalue weighted by molar-refractivity contribution is -0.117. The van der Waals surface area contributed by atoms with E-state index in [2.05, 4.69) is 15.4 Å². The fraction of sp³-hybridized carbons (Fsp3) is 0.500. The molecule has 1 aromatic rings. The van der Waals surface area contributed by atoms with Crippen molar-refractivity contribution in [2.45, 2.75) is 18.9 Å². The second-order valence-electron chi connectivity index (χ2n) is 4.35. The topological polar surface area (TPSA) is 72.4 Å². The van der Waals surface area contributed by atoms with Crippen molar-refractivity contribution in [2.75, 3.05) is 19.0 Å². The molecular formula is C12H18ClN3O3. The Balaban J connectivity index is 0.00000180. The fourth-order valence-electron chi connectivity index (χ4n) is 2.08. The summed E-state index contributed by atoms with van der Waals surface area (Å²) in [7, 11) is 3.06. The number of nitrogens with one attached hydrogen (secondary N) is 2. The molecule has 1 aliphatic heterocycles. The van der Waals surface area contributed by atoms with Gasteiger partial charge in [-0.3, -0.25) is 4.79 Å². The molecule has 0 aromatic carbocycles. The van der Waals surface area contributed by atoms with Crippen molar-refractivity contribution >= 4 is 30.0 Å². The number of carbonyl (C=O) groups excluding carboxylic acids is 2. The summed E-state index contributed by atoms with van der Waals surface area (Å²) in [6.45, 7) is 0.875. The van der Waals surface area contributed by atoms with Crippen LogP contribution in [-0.2, 0) is 16.6 Å². The molecule has 2 N–H and O–H groups in total. The zero-order chi connectivity index (χ0) is 13.1. The van der Waals surface area contributed by atoms with Gasteiger partial charge in [0.15, 0.2) is 0 Å². The van der Waals surface area contributed by atoms with Crippen LogP contribution in [0.2, 0.25) is 0 Å². The Morgan fingerprint density at radius 2 is 2.26 bits per heavy atom. The molecular weight excluding hydrogens is 270 g/mol. The molecule has 0 saturated carbocycles. The minimum absolute atomic E-state index is 0. The highest BCUT2D eigenvalue weighted by atomic mass is 35.5. The highest BCUT2D eigenvalue weighted by molar-refractivity contribution is 5.97. The number of methoxy groups -OCH3 is 1. The number of rotatable bonds is 3. The van der Waals surface area contributed by atoms with Crippen LogP contribution in [0.1, 0.15) is 23.3 Å². The second-order valence-corrected chi connectivity index (χ2v) is 4.35. The highest BCUT2D eigenvalue weighted by Gasteiger charge is 2.22. The summed E-state index contributed by atoms with van der Waals surface area (Å²) in [6.07, 6.45) is 3.56. The van der Waals surface area contributed by atoms with Gasteiger partial charge in [-0.1, -0.05) is 0 Å². The maximum atomic E-state index is 11.9. The summed E-state index contributed by atoms with van der Waals surface area (Å²) in [5.74, 6) is -0.480. The molecule has 7 heteroatoms. The Morgan fingerprint density at radius 3 is 2.84 bits per heavy atom. The van der Waals surface area contributed by atoms with Crippen molar-refractivity contribution in [3.8, 4) is 0 Å². The highest BCUT2D eigenvalue weighted by Crippen LogP contribution is 2.15. The lowest BCUT2D eigenvalue weighted by atomic mass is 10.2. The SMILES string of the molecule is COC(=O)c1cc(NC(=O)C2CCCN2)cn1C.Cl. The van der Waals surface area contributed by atoms with Crippen molar-refractivity contribution in [3.05, 3.63) is 18.0 Å². The summed E-state index contributed by atoms with van der Waals surface area (Å²) >= 11 is 0. The van der Waals surface area contributed by atoms with E-state index in [-0.39, 0.29) is 24.4 Å². The molecule has 1 aromatic heterocycles. The van der Waals surface area contributed by atoms with Crippen LogP contribution in [0, 0.1) is 0 Å². The third kappa shape index (κ3) is 3.48. The van der Waals surface area contributed by atoms with Gasteiger partial charge in [-0.15, -0.1) is 12.4 Å².